The summed E-state index contributed by atoms with van der Waals surface area (Å²) in [6.45, 7) is 10.1. The number of ether oxygens (including phenoxy) is 1. The van der Waals surface area contributed by atoms with Gasteiger partial charge in [-0.15, -0.1) is 0 Å². The van der Waals surface area contributed by atoms with Crippen molar-refractivity contribution < 1.29 is 14.6 Å². The smallest absolute Gasteiger partial charge is 0.253 e. The number of hydrogen-bond donors (Lipinski definition) is 2. The van der Waals surface area contributed by atoms with E-state index in [2.05, 4.69) is 16.3 Å². The number of nitrogens with one attached hydrogen (secondary N) is 1. The van der Waals surface area contributed by atoms with Gasteiger partial charge < -0.3 is 15.2 Å². The summed E-state index contributed by atoms with van der Waals surface area (Å²) in [7, 11) is 0. The van der Waals surface area contributed by atoms with Gasteiger partial charge in [0.2, 0.25) is 0 Å². The highest BCUT2D eigenvalue weighted by Crippen LogP contribution is 2.27. The number of carbonyl (C=O) groups excluding carboxylic acids is 1. The second-order valence-electron chi connectivity index (χ2n) is 6.80. The van der Waals surface area contributed by atoms with Crippen molar-refractivity contribution in [2.75, 3.05) is 25.0 Å². The molecule has 0 fully saturated rings. The molecule has 0 saturated heterocycles. The van der Waals surface area contributed by atoms with Crippen LogP contribution in [0.1, 0.15) is 38.8 Å². The lowest BCUT2D eigenvalue weighted by molar-refractivity contribution is -0.126. The molecule has 0 aromatic heterocycles. The Morgan fingerprint density at radius 1 is 1.48 bits per heavy atom. The fourth-order valence-corrected chi connectivity index (χ4v) is 3.03. The Morgan fingerprint density at radius 3 is 2.87 bits per heavy atom. The molecule has 2 N–H and O–H groups in total. The number of carbonyl (C=O) groups is 1. The van der Waals surface area contributed by atoms with Crippen LogP contribution in [0.15, 0.2) is 18.2 Å². The minimum absolute atomic E-state index is 0.112. The first-order chi connectivity index (χ1) is 10.8. The Labute approximate surface area is 138 Å². The van der Waals surface area contributed by atoms with Crippen LogP contribution < -0.4 is 5.32 Å². The second-order valence-corrected chi connectivity index (χ2v) is 6.80. The van der Waals surface area contributed by atoms with Crippen LogP contribution in [0.4, 0.5) is 5.69 Å². The maximum absolute atomic E-state index is 12.2. The van der Waals surface area contributed by atoms with Crippen molar-refractivity contribution in [3.8, 4) is 0 Å². The van der Waals surface area contributed by atoms with Gasteiger partial charge in [0.05, 0.1) is 5.60 Å². The van der Waals surface area contributed by atoms with Crippen LogP contribution in [0.2, 0.25) is 0 Å². The largest absolute Gasteiger partial charge is 0.389 e. The van der Waals surface area contributed by atoms with Gasteiger partial charge in [-0.25, -0.2) is 0 Å². The van der Waals surface area contributed by atoms with Gasteiger partial charge in [-0.1, -0.05) is 12.1 Å². The van der Waals surface area contributed by atoms with Crippen molar-refractivity contribution in [1.82, 2.24) is 4.90 Å². The van der Waals surface area contributed by atoms with Crippen LogP contribution in [-0.4, -0.2) is 47.3 Å². The first-order valence-electron chi connectivity index (χ1n) is 8.28. The highest BCUT2D eigenvalue weighted by Gasteiger charge is 2.24. The lowest BCUT2D eigenvalue weighted by Crippen LogP contribution is -2.41. The maximum Gasteiger partial charge on any atom is 0.253 e. The molecule has 1 aromatic rings. The molecule has 0 spiro atoms. The third-order valence-electron chi connectivity index (χ3n) is 4.00. The zero-order chi connectivity index (χ0) is 17.0. The molecule has 1 aliphatic heterocycles. The monoisotopic (exact) mass is 320 g/mol. The highest BCUT2D eigenvalue weighted by molar-refractivity contribution is 5.94. The van der Waals surface area contributed by atoms with Crippen LogP contribution in [0.25, 0.3) is 0 Å². The van der Waals surface area contributed by atoms with E-state index in [1.807, 2.05) is 32.9 Å². The fourth-order valence-electron chi connectivity index (χ4n) is 3.03. The van der Waals surface area contributed by atoms with Gasteiger partial charge in [-0.05, 0) is 51.3 Å². The number of fused-ring (bicyclic) bond motifs is 1. The summed E-state index contributed by atoms with van der Waals surface area (Å²) >= 11 is 0. The zero-order valence-electron chi connectivity index (χ0n) is 14.6. The van der Waals surface area contributed by atoms with Crippen LogP contribution in [0, 0.1) is 0 Å². The Morgan fingerprint density at radius 2 is 2.22 bits per heavy atom. The van der Waals surface area contributed by atoms with Crippen molar-refractivity contribution in [1.29, 1.82) is 0 Å². The van der Waals surface area contributed by atoms with Gasteiger partial charge >= 0.3 is 0 Å². The molecule has 5 heteroatoms. The second kappa shape index (κ2) is 7.43. The van der Waals surface area contributed by atoms with Crippen molar-refractivity contribution >= 4 is 11.6 Å². The van der Waals surface area contributed by atoms with Crippen LogP contribution in [-0.2, 0) is 22.5 Å². The van der Waals surface area contributed by atoms with Crippen molar-refractivity contribution in [2.45, 2.75) is 52.4 Å². The molecule has 1 aliphatic rings. The molecule has 0 saturated carbocycles. The Hall–Kier alpha value is -1.43. The van der Waals surface area contributed by atoms with Crippen molar-refractivity contribution in [3.05, 3.63) is 29.3 Å². The standard InChI is InChI=1S/C18H28N2O3/c1-5-23-13(2)17(21)19-16-8-6-7-14-11-20(10-9-15(14)16)12-18(3,4)22/h6-8,13,22H,5,9-12H2,1-4H3,(H,19,21)/t13-/m0/s1. The molecule has 128 valence electrons. The molecule has 23 heavy (non-hydrogen) atoms. The third kappa shape index (κ3) is 5.03. The van der Waals surface area contributed by atoms with Crippen molar-refractivity contribution in [2.24, 2.45) is 0 Å². The molecule has 5 nitrogen and oxygen atoms in total. The number of β-amino-alcohol motifs (C(OH)–C–C–N with tert-alkyl or cyclic N) is 1. The molecular formula is C18H28N2O3. The van der Waals surface area contributed by atoms with Crippen molar-refractivity contribution in [3.63, 3.8) is 0 Å². The van der Waals surface area contributed by atoms with Gasteiger partial charge in [-0.3, -0.25) is 9.69 Å². The minimum atomic E-state index is -0.698. The van der Waals surface area contributed by atoms with E-state index in [0.29, 0.717) is 13.2 Å². The molecule has 0 aliphatic carbocycles. The Balaban J connectivity index is 2.09. The van der Waals surface area contributed by atoms with Gasteiger partial charge in [0.25, 0.3) is 5.91 Å². The molecular weight excluding hydrogens is 292 g/mol. The fraction of sp³-hybridized carbons (Fsp3) is 0.611. The molecule has 0 bridgehead atoms. The Bertz CT molecular complexity index is 552. The quantitative estimate of drug-likeness (QED) is 0.843. The first kappa shape index (κ1) is 17.9. The summed E-state index contributed by atoms with van der Waals surface area (Å²) < 4.78 is 5.34. The summed E-state index contributed by atoms with van der Waals surface area (Å²) in [6, 6.07) is 6.00. The number of benzene rings is 1. The van der Waals surface area contributed by atoms with Gasteiger partial charge in [0, 0.05) is 31.9 Å². The average Bonchev–Trinajstić information content (AvgIpc) is 2.45. The number of anilines is 1. The zero-order valence-corrected chi connectivity index (χ0v) is 14.6. The normalized spacial score (nSPS) is 16.7. The van der Waals surface area contributed by atoms with Gasteiger partial charge in [0.1, 0.15) is 6.10 Å². The van der Waals surface area contributed by atoms with E-state index >= 15 is 0 Å². The number of hydrogen-bond acceptors (Lipinski definition) is 4. The molecule has 0 radical (unpaired) electrons. The van der Waals surface area contributed by atoms with Crippen LogP contribution in [0.3, 0.4) is 0 Å². The summed E-state index contributed by atoms with van der Waals surface area (Å²) in [5, 5.41) is 13.0. The minimum Gasteiger partial charge on any atom is -0.389 e. The first-order valence-corrected chi connectivity index (χ1v) is 8.28. The molecule has 0 unspecified atom stereocenters. The Kier molecular flexibility index (Phi) is 5.79. The number of rotatable bonds is 6. The number of aliphatic hydroxyl groups is 1. The van der Waals surface area contributed by atoms with Crippen LogP contribution >= 0.6 is 0 Å². The summed E-state index contributed by atoms with van der Waals surface area (Å²) in [5.74, 6) is -0.112. The summed E-state index contributed by atoms with van der Waals surface area (Å²) in [5.41, 5.74) is 2.58. The highest BCUT2D eigenvalue weighted by atomic mass is 16.5. The molecule has 1 heterocycles. The molecule has 1 amide bonds. The summed E-state index contributed by atoms with van der Waals surface area (Å²) in [4.78, 5) is 14.4. The van der Waals surface area contributed by atoms with E-state index < -0.39 is 11.7 Å². The van der Waals surface area contributed by atoms with E-state index in [9.17, 15) is 9.90 Å². The van der Waals surface area contributed by atoms with E-state index in [0.717, 1.165) is 25.2 Å². The van der Waals surface area contributed by atoms with Gasteiger partial charge in [0.15, 0.2) is 0 Å². The topological polar surface area (TPSA) is 61.8 Å². The lowest BCUT2D eigenvalue weighted by Gasteiger charge is -2.34. The van der Waals surface area contributed by atoms with E-state index in [1.165, 1.54) is 11.1 Å². The number of amides is 1. The van der Waals surface area contributed by atoms with E-state index in [1.54, 1.807) is 6.92 Å². The van der Waals surface area contributed by atoms with E-state index in [-0.39, 0.29) is 5.91 Å². The van der Waals surface area contributed by atoms with E-state index in [4.69, 9.17) is 4.74 Å². The summed E-state index contributed by atoms with van der Waals surface area (Å²) in [6.07, 6.45) is 0.413. The maximum atomic E-state index is 12.2. The SMILES string of the molecule is CCO[C@@H](C)C(=O)Nc1cccc2c1CCN(CC(C)(C)O)C2. The predicted molar refractivity (Wildman–Crippen MR) is 91.4 cm³/mol. The van der Waals surface area contributed by atoms with Crippen LogP contribution in [0.5, 0.6) is 0 Å². The number of nitrogens with zero attached hydrogens (tertiary/aromatic N) is 1. The third-order valence-corrected chi connectivity index (χ3v) is 4.00. The molecule has 2 rings (SSSR count). The van der Waals surface area contributed by atoms with Gasteiger partial charge in [-0.2, -0.15) is 0 Å². The molecule has 1 atom stereocenters. The average molecular weight is 320 g/mol. The lowest BCUT2D eigenvalue weighted by atomic mass is 9.96. The molecule has 1 aromatic carbocycles. The predicted octanol–water partition coefficient (Wildman–Crippen LogP) is 2.18.